The summed E-state index contributed by atoms with van der Waals surface area (Å²) in [6.07, 6.45) is 6.11. The summed E-state index contributed by atoms with van der Waals surface area (Å²) in [7, 11) is 0. The van der Waals surface area contributed by atoms with E-state index in [1.807, 2.05) is 0 Å². The van der Waals surface area contributed by atoms with E-state index in [4.69, 9.17) is 9.97 Å². The molecule has 2 heterocycles. The molecule has 11 aromatic rings. The van der Waals surface area contributed by atoms with Gasteiger partial charge in [-0.2, -0.15) is 0 Å². The predicted molar refractivity (Wildman–Crippen MR) is 262 cm³/mol. The van der Waals surface area contributed by atoms with E-state index in [1.165, 1.54) is 97.7 Å². The lowest BCUT2D eigenvalue weighted by Gasteiger charge is -2.36. The summed E-state index contributed by atoms with van der Waals surface area (Å²) in [4.78, 5) is 10.8. The molecule has 0 atom stereocenters. The first-order chi connectivity index (χ1) is 31.2. The van der Waals surface area contributed by atoms with E-state index in [-0.39, 0.29) is 5.41 Å². The van der Waals surface area contributed by atoms with Crippen molar-refractivity contribution in [2.75, 3.05) is 0 Å². The number of hydrogen-bond acceptors (Lipinski definition) is 2. The van der Waals surface area contributed by atoms with Gasteiger partial charge >= 0.3 is 0 Å². The summed E-state index contributed by atoms with van der Waals surface area (Å²) in [5.74, 6) is 0.699. The smallest absolute Gasteiger partial charge is 0.160 e. The zero-order valence-corrected chi connectivity index (χ0v) is 34.9. The molecule has 0 bridgehead atoms. The molecule has 9 aromatic carbocycles. The predicted octanol–water partition coefficient (Wildman–Crippen LogP) is 15.8. The molecular weight excluding hydrogens is 763 g/mol. The van der Waals surface area contributed by atoms with Gasteiger partial charge in [0.25, 0.3) is 0 Å². The van der Waals surface area contributed by atoms with E-state index < -0.39 is 0 Å². The number of nitrogens with zero attached hydrogens (tertiary/aromatic N) is 3. The van der Waals surface area contributed by atoms with Gasteiger partial charge in [0.15, 0.2) is 5.82 Å². The van der Waals surface area contributed by atoms with Crippen LogP contribution < -0.4 is 0 Å². The maximum absolute atomic E-state index is 5.43. The third kappa shape index (κ3) is 5.46. The molecule has 0 unspecified atom stereocenters. The van der Waals surface area contributed by atoms with E-state index in [9.17, 15) is 0 Å². The molecule has 0 saturated heterocycles. The Morgan fingerprint density at radius 2 is 1.06 bits per heavy atom. The number of hydrogen-bond donors (Lipinski definition) is 0. The van der Waals surface area contributed by atoms with Crippen LogP contribution in [0.5, 0.6) is 0 Å². The number of benzene rings is 9. The topological polar surface area (TPSA) is 30.7 Å². The highest BCUT2D eigenvalue weighted by Gasteiger charge is 2.46. The maximum Gasteiger partial charge on any atom is 0.160 e. The normalized spacial score (nSPS) is 14.2. The standard InChI is InChI=1S/C60H43N3/c1-4-19-39(20-5-1)44-26-10-11-28-46(44)52-38-51(41-22-6-2-7-23-41)61-59(62-52)42-24-18-25-43(37-42)63-53-34-33-40-21-8-9-27-45(40)55(53)56-57-54(47-29-12-13-30-48(47)58(56)63)49-31-14-15-32-50(49)60(57)35-16-3-17-36-60/h1-2,4-15,18-34,37-38H,3,16-17,35-36H2. The summed E-state index contributed by atoms with van der Waals surface area (Å²) in [5.41, 5.74) is 16.7. The van der Waals surface area contributed by atoms with Crippen LogP contribution in [-0.4, -0.2) is 14.5 Å². The van der Waals surface area contributed by atoms with E-state index in [2.05, 4.69) is 205 Å². The van der Waals surface area contributed by atoms with E-state index in [1.54, 1.807) is 0 Å². The monoisotopic (exact) mass is 805 g/mol. The summed E-state index contributed by atoms with van der Waals surface area (Å²) < 4.78 is 2.56. The molecule has 2 aliphatic rings. The molecule has 0 N–H and O–H groups in total. The van der Waals surface area contributed by atoms with Crippen LogP contribution in [0.3, 0.4) is 0 Å². The van der Waals surface area contributed by atoms with Gasteiger partial charge in [0.1, 0.15) is 0 Å². The fourth-order valence-electron chi connectivity index (χ4n) is 11.5. The molecule has 0 aliphatic heterocycles. The lowest BCUT2D eigenvalue weighted by Crippen LogP contribution is -2.28. The van der Waals surface area contributed by atoms with Gasteiger partial charge in [-0.3, -0.25) is 0 Å². The maximum atomic E-state index is 5.43. The fraction of sp³-hybridized carbons (Fsp3) is 0.100. The molecule has 63 heavy (non-hydrogen) atoms. The van der Waals surface area contributed by atoms with Crippen molar-refractivity contribution in [3.8, 4) is 61.8 Å². The van der Waals surface area contributed by atoms with Crippen molar-refractivity contribution in [2.24, 2.45) is 0 Å². The van der Waals surface area contributed by atoms with Gasteiger partial charge in [-0.15, -0.1) is 0 Å². The lowest BCUT2D eigenvalue weighted by molar-refractivity contribution is 0.355. The van der Waals surface area contributed by atoms with Gasteiger partial charge < -0.3 is 4.57 Å². The lowest BCUT2D eigenvalue weighted by atomic mass is 9.66. The highest BCUT2D eigenvalue weighted by Crippen LogP contribution is 2.61. The van der Waals surface area contributed by atoms with Crippen molar-refractivity contribution >= 4 is 43.4 Å². The van der Waals surface area contributed by atoms with Crippen molar-refractivity contribution in [1.82, 2.24) is 14.5 Å². The van der Waals surface area contributed by atoms with Crippen LogP contribution in [0, 0.1) is 0 Å². The van der Waals surface area contributed by atoms with Crippen molar-refractivity contribution in [3.05, 3.63) is 211 Å². The zero-order chi connectivity index (χ0) is 41.5. The minimum absolute atomic E-state index is 0.0392. The van der Waals surface area contributed by atoms with Crippen LogP contribution in [0.15, 0.2) is 200 Å². The Morgan fingerprint density at radius 1 is 0.429 bits per heavy atom. The zero-order valence-electron chi connectivity index (χ0n) is 34.9. The molecule has 3 nitrogen and oxygen atoms in total. The molecule has 0 amide bonds. The van der Waals surface area contributed by atoms with Crippen molar-refractivity contribution in [3.63, 3.8) is 0 Å². The van der Waals surface area contributed by atoms with Crippen LogP contribution in [0.1, 0.15) is 43.2 Å². The summed E-state index contributed by atoms with van der Waals surface area (Å²) in [6, 6.07) is 73.0. The van der Waals surface area contributed by atoms with Crippen molar-refractivity contribution in [1.29, 1.82) is 0 Å². The van der Waals surface area contributed by atoms with Gasteiger partial charge in [-0.05, 0) is 86.6 Å². The Hall–Kier alpha value is -7.62. The quantitative estimate of drug-likeness (QED) is 0.173. The Bertz CT molecular complexity index is 3590. The second-order valence-electron chi connectivity index (χ2n) is 17.5. The molecule has 0 radical (unpaired) electrons. The van der Waals surface area contributed by atoms with Gasteiger partial charge in [-0.25, -0.2) is 9.97 Å². The van der Waals surface area contributed by atoms with Gasteiger partial charge in [0.05, 0.1) is 22.4 Å². The molecule has 3 heteroatoms. The van der Waals surface area contributed by atoms with Crippen molar-refractivity contribution in [2.45, 2.75) is 37.5 Å². The molecule has 2 aliphatic carbocycles. The minimum atomic E-state index is -0.0392. The Labute approximate surface area is 367 Å². The highest BCUT2D eigenvalue weighted by molar-refractivity contribution is 6.30. The third-order valence-electron chi connectivity index (χ3n) is 14.2. The minimum Gasteiger partial charge on any atom is -0.309 e. The second kappa shape index (κ2) is 14.2. The van der Waals surface area contributed by atoms with Crippen LogP contribution in [0.4, 0.5) is 0 Å². The van der Waals surface area contributed by atoms with Gasteiger partial charge in [-0.1, -0.05) is 195 Å². The average Bonchev–Trinajstić information content (AvgIpc) is 3.85. The first-order valence-electron chi connectivity index (χ1n) is 22.5. The first-order valence-corrected chi connectivity index (χ1v) is 22.5. The summed E-state index contributed by atoms with van der Waals surface area (Å²) in [6.45, 7) is 0. The van der Waals surface area contributed by atoms with Gasteiger partial charge in [0.2, 0.25) is 0 Å². The van der Waals surface area contributed by atoms with E-state index in [0.29, 0.717) is 5.82 Å². The van der Waals surface area contributed by atoms with Crippen LogP contribution in [0.25, 0.3) is 105 Å². The molecule has 298 valence electrons. The van der Waals surface area contributed by atoms with E-state index in [0.717, 1.165) is 44.9 Å². The number of aromatic nitrogens is 3. The second-order valence-corrected chi connectivity index (χ2v) is 17.5. The molecule has 1 spiro atoms. The summed E-state index contributed by atoms with van der Waals surface area (Å²) >= 11 is 0. The Kier molecular flexibility index (Phi) is 8.14. The summed E-state index contributed by atoms with van der Waals surface area (Å²) in [5, 5.41) is 7.93. The average molecular weight is 806 g/mol. The molecule has 1 saturated carbocycles. The Balaban J connectivity index is 1.11. The number of fused-ring (bicyclic) bond motifs is 14. The molecule has 1 fully saturated rings. The first kappa shape index (κ1) is 36.1. The third-order valence-corrected chi connectivity index (χ3v) is 14.2. The van der Waals surface area contributed by atoms with Crippen LogP contribution >= 0.6 is 0 Å². The van der Waals surface area contributed by atoms with Crippen LogP contribution in [0.2, 0.25) is 0 Å². The number of rotatable bonds is 5. The largest absolute Gasteiger partial charge is 0.309 e. The SMILES string of the molecule is c1ccc(-c2cc(-c3ccccc3-c3ccccc3)nc(-c3cccc(-n4c5ccc6ccccc6c5c5c6c(c7ccccc7c54)-c4ccccc4C64CCCCC4)c3)n2)cc1. The Morgan fingerprint density at radius 3 is 1.87 bits per heavy atom. The van der Waals surface area contributed by atoms with Crippen LogP contribution in [-0.2, 0) is 5.41 Å². The molecule has 2 aromatic heterocycles. The fourth-order valence-corrected chi connectivity index (χ4v) is 11.5. The van der Waals surface area contributed by atoms with Crippen molar-refractivity contribution < 1.29 is 0 Å². The highest BCUT2D eigenvalue weighted by atomic mass is 15.0. The molecular formula is C60H43N3. The van der Waals surface area contributed by atoms with E-state index >= 15 is 0 Å². The van der Waals surface area contributed by atoms with Gasteiger partial charge in [0, 0.05) is 44.0 Å². The molecule has 13 rings (SSSR count).